The molecule has 0 fully saturated rings. The SMILES string of the molecule is CC(C)C.CSC(CN1C(=O)c2ccccc2C1=O)c1ncc(Cc2ccccc2)o1. The molecule has 3 aromatic rings. The third-order valence-corrected chi connectivity index (χ3v) is 5.50. The van der Waals surface area contributed by atoms with E-state index in [0.717, 1.165) is 17.2 Å². The Hall–Kier alpha value is -2.86. The first kappa shape index (κ1) is 22.8. The summed E-state index contributed by atoms with van der Waals surface area (Å²) >= 11 is 1.51. The van der Waals surface area contributed by atoms with Gasteiger partial charge >= 0.3 is 0 Å². The van der Waals surface area contributed by atoms with Crippen molar-refractivity contribution in [2.24, 2.45) is 5.92 Å². The summed E-state index contributed by atoms with van der Waals surface area (Å²) in [6.07, 6.45) is 4.29. The van der Waals surface area contributed by atoms with Gasteiger partial charge in [-0.1, -0.05) is 63.2 Å². The molecular weight excluding hydrogens is 408 g/mol. The van der Waals surface area contributed by atoms with Crippen LogP contribution in [0.4, 0.5) is 0 Å². The van der Waals surface area contributed by atoms with Crippen LogP contribution in [-0.2, 0) is 6.42 Å². The topological polar surface area (TPSA) is 63.4 Å². The van der Waals surface area contributed by atoms with Gasteiger partial charge in [0.05, 0.1) is 22.6 Å². The quantitative estimate of drug-likeness (QED) is 0.469. The van der Waals surface area contributed by atoms with Gasteiger partial charge in [0, 0.05) is 13.0 Å². The van der Waals surface area contributed by atoms with Crippen LogP contribution in [0.3, 0.4) is 0 Å². The molecule has 6 heteroatoms. The maximum absolute atomic E-state index is 12.6. The first-order valence-electron chi connectivity index (χ1n) is 10.4. The van der Waals surface area contributed by atoms with Gasteiger partial charge in [0.2, 0.25) is 5.89 Å². The predicted octanol–water partition coefficient (Wildman–Crippen LogP) is 5.63. The molecule has 1 atom stereocenters. The predicted molar refractivity (Wildman–Crippen MR) is 124 cm³/mol. The molecule has 4 rings (SSSR count). The molecule has 1 aliphatic heterocycles. The van der Waals surface area contributed by atoms with Crippen molar-refractivity contribution in [3.05, 3.63) is 89.1 Å². The van der Waals surface area contributed by atoms with E-state index in [1.807, 2.05) is 36.6 Å². The van der Waals surface area contributed by atoms with Crippen molar-refractivity contribution in [2.45, 2.75) is 32.4 Å². The number of carbonyl (C=O) groups excluding carboxylic acids is 2. The van der Waals surface area contributed by atoms with Crippen LogP contribution < -0.4 is 0 Å². The molecule has 0 spiro atoms. The largest absolute Gasteiger partial charge is 0.444 e. The third-order valence-electron chi connectivity index (χ3n) is 4.58. The van der Waals surface area contributed by atoms with Crippen LogP contribution in [0.1, 0.15) is 64.0 Å². The van der Waals surface area contributed by atoms with Crippen molar-refractivity contribution in [3.63, 3.8) is 0 Å². The van der Waals surface area contributed by atoms with Crippen LogP contribution in [-0.4, -0.2) is 34.5 Å². The molecule has 2 amide bonds. The summed E-state index contributed by atoms with van der Waals surface area (Å²) in [4.78, 5) is 30.8. The number of carbonyl (C=O) groups is 2. The van der Waals surface area contributed by atoms with Crippen LogP contribution in [0.25, 0.3) is 0 Å². The van der Waals surface area contributed by atoms with E-state index in [2.05, 4.69) is 25.8 Å². The van der Waals surface area contributed by atoms with Gasteiger partial charge in [-0.15, -0.1) is 0 Å². The number of thioether (sulfide) groups is 1. The minimum Gasteiger partial charge on any atom is -0.444 e. The lowest BCUT2D eigenvalue weighted by atomic mass is 10.1. The summed E-state index contributed by atoms with van der Waals surface area (Å²) in [5, 5.41) is -0.211. The van der Waals surface area contributed by atoms with Crippen molar-refractivity contribution in [1.82, 2.24) is 9.88 Å². The average Bonchev–Trinajstić information content (AvgIpc) is 3.30. The molecule has 1 aromatic heterocycles. The highest BCUT2D eigenvalue weighted by Crippen LogP contribution is 2.31. The van der Waals surface area contributed by atoms with Crippen molar-refractivity contribution in [1.29, 1.82) is 0 Å². The van der Waals surface area contributed by atoms with E-state index in [-0.39, 0.29) is 23.6 Å². The highest BCUT2D eigenvalue weighted by molar-refractivity contribution is 7.98. The smallest absolute Gasteiger partial charge is 0.261 e. The lowest BCUT2D eigenvalue weighted by molar-refractivity contribution is 0.0652. The van der Waals surface area contributed by atoms with Crippen molar-refractivity contribution >= 4 is 23.6 Å². The van der Waals surface area contributed by atoms with Crippen LogP contribution in [0.2, 0.25) is 0 Å². The van der Waals surface area contributed by atoms with E-state index < -0.39 is 0 Å². The van der Waals surface area contributed by atoms with Gasteiger partial charge in [0.25, 0.3) is 11.8 Å². The number of amides is 2. The van der Waals surface area contributed by atoms with Gasteiger partial charge in [-0.25, -0.2) is 4.98 Å². The zero-order chi connectivity index (χ0) is 22.4. The van der Waals surface area contributed by atoms with Gasteiger partial charge in [0.1, 0.15) is 5.76 Å². The number of benzene rings is 2. The number of rotatable bonds is 6. The van der Waals surface area contributed by atoms with Crippen molar-refractivity contribution < 1.29 is 14.0 Å². The minimum absolute atomic E-state index is 0.211. The summed E-state index contributed by atoms with van der Waals surface area (Å²) < 4.78 is 5.92. The van der Waals surface area contributed by atoms with Crippen LogP contribution in [0.15, 0.2) is 65.2 Å². The van der Waals surface area contributed by atoms with Gasteiger partial charge in [-0.2, -0.15) is 11.8 Å². The Morgan fingerprint density at radius 3 is 2.03 bits per heavy atom. The normalized spacial score (nSPS) is 13.8. The molecule has 0 aliphatic carbocycles. The van der Waals surface area contributed by atoms with Gasteiger partial charge < -0.3 is 4.42 Å². The average molecular weight is 437 g/mol. The van der Waals surface area contributed by atoms with E-state index >= 15 is 0 Å². The Morgan fingerprint density at radius 1 is 0.935 bits per heavy atom. The maximum Gasteiger partial charge on any atom is 0.261 e. The standard InChI is InChI=1S/C21H18N2O3S.C4H10/c1-27-18(13-23-20(24)16-9-5-6-10-17(16)21(23)25)19-22-12-15(26-19)11-14-7-3-2-4-8-14;1-4(2)3/h2-10,12,18H,11,13H2,1H3;4H,1-3H3. The second-order valence-corrected chi connectivity index (χ2v) is 9.09. The molecular formula is C25H28N2O3S. The Kier molecular flexibility index (Phi) is 7.69. The zero-order valence-electron chi connectivity index (χ0n) is 18.4. The monoisotopic (exact) mass is 436 g/mol. The fourth-order valence-corrected chi connectivity index (χ4v) is 3.78. The Bertz CT molecular complexity index is 992. The molecule has 0 bridgehead atoms. The molecule has 2 heterocycles. The third kappa shape index (κ3) is 5.64. The van der Waals surface area contributed by atoms with E-state index in [1.165, 1.54) is 16.7 Å². The number of nitrogens with zero attached hydrogens (tertiary/aromatic N) is 2. The molecule has 0 radical (unpaired) electrons. The highest BCUT2D eigenvalue weighted by Gasteiger charge is 2.37. The summed E-state index contributed by atoms with van der Waals surface area (Å²) in [5.41, 5.74) is 2.06. The molecule has 31 heavy (non-hydrogen) atoms. The Balaban J connectivity index is 0.000000628. The van der Waals surface area contributed by atoms with Crippen LogP contribution >= 0.6 is 11.8 Å². The maximum atomic E-state index is 12.6. The Morgan fingerprint density at radius 2 is 1.48 bits per heavy atom. The van der Waals surface area contributed by atoms with Gasteiger partial charge in [0.15, 0.2) is 0 Å². The van der Waals surface area contributed by atoms with E-state index in [9.17, 15) is 9.59 Å². The van der Waals surface area contributed by atoms with Gasteiger partial charge in [-0.05, 0) is 29.9 Å². The first-order valence-corrected chi connectivity index (χ1v) is 11.7. The Labute approximate surface area is 187 Å². The first-order chi connectivity index (χ1) is 14.9. The lowest BCUT2D eigenvalue weighted by Gasteiger charge is -2.18. The molecule has 1 aliphatic rings. The second-order valence-electron chi connectivity index (χ2n) is 8.05. The zero-order valence-corrected chi connectivity index (χ0v) is 19.2. The fourth-order valence-electron chi connectivity index (χ4n) is 3.17. The number of hydrogen-bond acceptors (Lipinski definition) is 5. The van der Waals surface area contributed by atoms with Gasteiger partial charge in [-0.3, -0.25) is 14.5 Å². The molecule has 5 nitrogen and oxygen atoms in total. The fraction of sp³-hybridized carbons (Fsp3) is 0.320. The minimum atomic E-state index is -0.259. The van der Waals surface area contributed by atoms with Crippen molar-refractivity contribution in [3.8, 4) is 0 Å². The van der Waals surface area contributed by atoms with E-state index in [1.54, 1.807) is 30.5 Å². The summed E-state index contributed by atoms with van der Waals surface area (Å²) in [6.45, 7) is 6.73. The summed E-state index contributed by atoms with van der Waals surface area (Å²) in [6, 6.07) is 16.9. The summed E-state index contributed by atoms with van der Waals surface area (Å²) in [5.74, 6) is 1.61. The number of hydrogen-bond donors (Lipinski definition) is 0. The second kappa shape index (κ2) is 10.4. The molecule has 1 unspecified atom stereocenters. The number of fused-ring (bicyclic) bond motifs is 1. The highest BCUT2D eigenvalue weighted by atomic mass is 32.2. The molecule has 2 aromatic carbocycles. The molecule has 0 N–H and O–H groups in total. The van der Waals surface area contributed by atoms with E-state index in [4.69, 9.17) is 4.42 Å². The summed E-state index contributed by atoms with van der Waals surface area (Å²) in [7, 11) is 0. The van der Waals surface area contributed by atoms with E-state index in [0.29, 0.717) is 23.4 Å². The number of imide groups is 1. The molecule has 0 saturated carbocycles. The van der Waals surface area contributed by atoms with Crippen LogP contribution in [0, 0.1) is 5.92 Å². The molecule has 162 valence electrons. The van der Waals surface area contributed by atoms with Crippen LogP contribution in [0.5, 0.6) is 0 Å². The molecule has 0 saturated heterocycles. The lowest BCUT2D eigenvalue weighted by Crippen LogP contribution is -2.33. The number of aromatic nitrogens is 1. The number of oxazole rings is 1. The van der Waals surface area contributed by atoms with Crippen molar-refractivity contribution in [2.75, 3.05) is 12.8 Å².